The summed E-state index contributed by atoms with van der Waals surface area (Å²) in [7, 11) is 1.68. The molecule has 0 aliphatic heterocycles. The average molecular weight is 354 g/mol. The molecule has 1 fully saturated rings. The van der Waals surface area contributed by atoms with E-state index in [9.17, 15) is 5.11 Å². The van der Waals surface area contributed by atoms with Gasteiger partial charge in [-0.15, -0.1) is 0 Å². The lowest BCUT2D eigenvalue weighted by molar-refractivity contribution is -0.0738. The Kier molecular flexibility index (Phi) is 6.00. The molecule has 3 heteroatoms. The number of nitrogens with one attached hydrogen (secondary N) is 1. The number of rotatable bonds is 7. The molecule has 2 unspecified atom stereocenters. The third kappa shape index (κ3) is 4.28. The van der Waals surface area contributed by atoms with Crippen LogP contribution in [0.2, 0.25) is 0 Å². The van der Waals surface area contributed by atoms with E-state index < -0.39 is 5.60 Å². The van der Waals surface area contributed by atoms with E-state index in [-0.39, 0.29) is 5.54 Å². The Labute approximate surface area is 157 Å². The van der Waals surface area contributed by atoms with Crippen LogP contribution in [-0.4, -0.2) is 29.9 Å². The maximum atomic E-state index is 11.6. The zero-order valence-electron chi connectivity index (χ0n) is 16.0. The predicted octanol–water partition coefficient (Wildman–Crippen LogP) is 4.13. The number of benzene rings is 2. The average Bonchev–Trinajstić information content (AvgIpc) is 2.65. The van der Waals surface area contributed by atoms with Gasteiger partial charge in [-0.05, 0) is 56.0 Å². The second-order valence-electron chi connectivity index (χ2n) is 7.76. The van der Waals surface area contributed by atoms with Gasteiger partial charge in [-0.3, -0.25) is 0 Å². The summed E-state index contributed by atoms with van der Waals surface area (Å²) >= 11 is 0. The third-order valence-corrected chi connectivity index (χ3v) is 5.95. The minimum absolute atomic E-state index is 0.275. The molecule has 0 amide bonds. The fourth-order valence-corrected chi connectivity index (χ4v) is 4.19. The quantitative estimate of drug-likeness (QED) is 0.786. The molecular formula is C23H31NO2. The zero-order valence-corrected chi connectivity index (χ0v) is 16.0. The van der Waals surface area contributed by atoms with Crippen molar-refractivity contribution in [1.82, 2.24) is 5.32 Å². The van der Waals surface area contributed by atoms with E-state index in [1.54, 1.807) is 7.11 Å². The summed E-state index contributed by atoms with van der Waals surface area (Å²) in [5, 5.41) is 15.3. The lowest BCUT2D eigenvalue weighted by Crippen LogP contribution is -2.64. The maximum Gasteiger partial charge on any atom is 0.119 e. The van der Waals surface area contributed by atoms with Crippen LogP contribution in [0, 0.1) is 0 Å². The zero-order chi connectivity index (χ0) is 18.5. The van der Waals surface area contributed by atoms with Gasteiger partial charge in [0.15, 0.2) is 0 Å². The molecule has 1 aliphatic carbocycles. The van der Waals surface area contributed by atoms with Crippen LogP contribution in [-0.2, 0) is 12.8 Å². The van der Waals surface area contributed by atoms with Crippen molar-refractivity contribution in [2.45, 2.75) is 56.6 Å². The molecule has 0 heterocycles. The van der Waals surface area contributed by atoms with Gasteiger partial charge < -0.3 is 15.2 Å². The molecule has 140 valence electrons. The Morgan fingerprint density at radius 2 is 1.73 bits per heavy atom. The normalized spacial score (nSPS) is 25.8. The first-order valence-corrected chi connectivity index (χ1v) is 9.69. The lowest BCUT2D eigenvalue weighted by atomic mass is 9.67. The number of methoxy groups -OCH3 is 1. The van der Waals surface area contributed by atoms with Crippen LogP contribution in [0.3, 0.4) is 0 Å². The summed E-state index contributed by atoms with van der Waals surface area (Å²) in [4.78, 5) is 0. The van der Waals surface area contributed by atoms with E-state index in [4.69, 9.17) is 4.74 Å². The van der Waals surface area contributed by atoms with Gasteiger partial charge in [-0.2, -0.15) is 0 Å². The number of ether oxygens (including phenoxy) is 1. The fraction of sp³-hybridized carbons (Fsp3) is 0.478. The number of aliphatic hydroxyl groups is 1. The minimum Gasteiger partial charge on any atom is -0.497 e. The minimum atomic E-state index is -0.742. The molecule has 3 rings (SSSR count). The van der Waals surface area contributed by atoms with Crippen LogP contribution in [0.5, 0.6) is 5.75 Å². The molecule has 0 saturated heterocycles. The van der Waals surface area contributed by atoms with Gasteiger partial charge in [-0.25, -0.2) is 0 Å². The molecule has 2 aromatic carbocycles. The van der Waals surface area contributed by atoms with Crippen LogP contribution in [0.15, 0.2) is 54.6 Å². The third-order valence-electron chi connectivity index (χ3n) is 5.95. The molecule has 1 saturated carbocycles. The fourth-order valence-electron chi connectivity index (χ4n) is 4.19. The summed E-state index contributed by atoms with van der Waals surface area (Å²) in [5.74, 6) is 0.848. The molecule has 0 radical (unpaired) electrons. The van der Waals surface area contributed by atoms with Gasteiger partial charge in [-0.1, -0.05) is 55.3 Å². The number of hydrogen-bond donors (Lipinski definition) is 2. The van der Waals surface area contributed by atoms with Crippen LogP contribution in [0.4, 0.5) is 0 Å². The Morgan fingerprint density at radius 1 is 1.00 bits per heavy atom. The molecule has 2 aromatic rings. The predicted molar refractivity (Wildman–Crippen MR) is 107 cm³/mol. The molecule has 3 nitrogen and oxygen atoms in total. The van der Waals surface area contributed by atoms with Crippen molar-refractivity contribution in [1.29, 1.82) is 0 Å². The molecule has 2 N–H and O–H groups in total. The molecule has 2 atom stereocenters. The Bertz CT molecular complexity index is 702. The summed E-state index contributed by atoms with van der Waals surface area (Å²) in [6.07, 6.45) is 5.71. The van der Waals surface area contributed by atoms with E-state index in [1.807, 2.05) is 24.3 Å². The second kappa shape index (κ2) is 8.24. The van der Waals surface area contributed by atoms with E-state index in [0.717, 1.165) is 50.0 Å². The first kappa shape index (κ1) is 18.9. The Balaban J connectivity index is 1.70. The molecule has 0 spiro atoms. The Morgan fingerprint density at radius 3 is 2.50 bits per heavy atom. The molecular weight excluding hydrogens is 322 g/mol. The van der Waals surface area contributed by atoms with Crippen molar-refractivity contribution in [3.05, 3.63) is 65.7 Å². The highest BCUT2D eigenvalue weighted by molar-refractivity contribution is 5.30. The van der Waals surface area contributed by atoms with E-state index in [2.05, 4.69) is 42.6 Å². The van der Waals surface area contributed by atoms with Crippen molar-refractivity contribution in [3.63, 3.8) is 0 Å². The van der Waals surface area contributed by atoms with Crippen LogP contribution in [0.1, 0.15) is 43.7 Å². The summed E-state index contributed by atoms with van der Waals surface area (Å²) in [5.41, 5.74) is 1.44. The van der Waals surface area contributed by atoms with Crippen LogP contribution in [0.25, 0.3) is 0 Å². The van der Waals surface area contributed by atoms with Gasteiger partial charge in [0.05, 0.1) is 12.7 Å². The van der Waals surface area contributed by atoms with Crippen molar-refractivity contribution in [2.75, 3.05) is 13.7 Å². The lowest BCUT2D eigenvalue weighted by Gasteiger charge is -2.49. The van der Waals surface area contributed by atoms with E-state index in [1.165, 1.54) is 5.56 Å². The molecule has 0 bridgehead atoms. The van der Waals surface area contributed by atoms with Crippen molar-refractivity contribution < 1.29 is 9.84 Å². The maximum absolute atomic E-state index is 11.6. The smallest absolute Gasteiger partial charge is 0.119 e. The summed E-state index contributed by atoms with van der Waals surface area (Å²) in [6, 6.07) is 18.6. The van der Waals surface area contributed by atoms with Crippen molar-refractivity contribution >= 4 is 0 Å². The van der Waals surface area contributed by atoms with Crippen LogP contribution >= 0.6 is 0 Å². The summed E-state index contributed by atoms with van der Waals surface area (Å²) < 4.78 is 5.35. The van der Waals surface area contributed by atoms with Gasteiger partial charge in [0, 0.05) is 12.0 Å². The largest absolute Gasteiger partial charge is 0.497 e. The first-order chi connectivity index (χ1) is 12.5. The monoisotopic (exact) mass is 353 g/mol. The van der Waals surface area contributed by atoms with Gasteiger partial charge in [0.2, 0.25) is 0 Å². The second-order valence-corrected chi connectivity index (χ2v) is 7.76. The van der Waals surface area contributed by atoms with E-state index >= 15 is 0 Å². The van der Waals surface area contributed by atoms with Gasteiger partial charge in [0.25, 0.3) is 0 Å². The Hall–Kier alpha value is -1.84. The van der Waals surface area contributed by atoms with Gasteiger partial charge in [0.1, 0.15) is 5.75 Å². The van der Waals surface area contributed by atoms with Gasteiger partial charge >= 0.3 is 0 Å². The highest BCUT2D eigenvalue weighted by Gasteiger charge is 2.47. The number of hydrogen-bond acceptors (Lipinski definition) is 3. The first-order valence-electron chi connectivity index (χ1n) is 9.69. The highest BCUT2D eigenvalue weighted by atomic mass is 16.5. The molecule has 0 aromatic heterocycles. The molecule has 26 heavy (non-hydrogen) atoms. The SMILES string of the molecule is COc1cccc(CC2(O)CCCCC2(C)NCCc2ccccc2)c1. The van der Waals surface area contributed by atoms with E-state index in [0.29, 0.717) is 6.42 Å². The standard InChI is InChI=1S/C23H31NO2/c1-22(24-16-13-19-9-4-3-5-10-19)14-6-7-15-23(22,25)18-20-11-8-12-21(17-20)26-2/h3-5,8-12,17,24-25H,6-7,13-16,18H2,1-2H3. The van der Waals surface area contributed by atoms with Crippen molar-refractivity contribution in [3.8, 4) is 5.75 Å². The van der Waals surface area contributed by atoms with Crippen molar-refractivity contribution in [2.24, 2.45) is 0 Å². The molecule has 1 aliphatic rings. The van der Waals surface area contributed by atoms with Crippen LogP contribution < -0.4 is 10.1 Å². The topological polar surface area (TPSA) is 41.5 Å². The highest BCUT2D eigenvalue weighted by Crippen LogP contribution is 2.39. The summed E-state index contributed by atoms with van der Waals surface area (Å²) in [6.45, 7) is 3.07.